The van der Waals surface area contributed by atoms with Gasteiger partial charge in [-0.1, -0.05) is 17.1 Å². The number of alkyl halides is 2. The van der Waals surface area contributed by atoms with Crippen LogP contribution in [0.3, 0.4) is 0 Å². The van der Waals surface area contributed by atoms with Gasteiger partial charge in [0.2, 0.25) is 12.2 Å². The van der Waals surface area contributed by atoms with Crippen LogP contribution in [0.1, 0.15) is 0 Å². The Morgan fingerprint density at radius 3 is 2.89 bits per heavy atom. The van der Waals surface area contributed by atoms with E-state index in [1.807, 2.05) is 0 Å². The van der Waals surface area contributed by atoms with Gasteiger partial charge >= 0.3 is 12.6 Å². The summed E-state index contributed by atoms with van der Waals surface area (Å²) in [6, 6.07) is 6.14. The molecule has 2 aromatic heterocycles. The quantitative estimate of drug-likeness (QED) is 0.480. The molecule has 2 heterocycles. The standard InChI is InChI=1S/C14H10F2N6O4S/c15-12(16)26-10-4-2-1-3-8(10)9-6-27-14(18-9)19-11(23)5-21-7-17-13(20-21)22(24)25/h1-4,6-7,12H,5H2,(H,18,19,23). The van der Waals surface area contributed by atoms with Crippen LogP contribution in [0.4, 0.5) is 19.9 Å². The van der Waals surface area contributed by atoms with Gasteiger partial charge in [0.1, 0.15) is 12.3 Å². The molecule has 0 saturated carbocycles. The summed E-state index contributed by atoms with van der Waals surface area (Å²) in [6.45, 7) is -3.28. The van der Waals surface area contributed by atoms with Gasteiger partial charge in [-0.3, -0.25) is 4.79 Å². The van der Waals surface area contributed by atoms with Gasteiger partial charge in [-0.15, -0.1) is 11.3 Å². The third kappa shape index (κ3) is 4.58. The molecule has 3 aromatic rings. The van der Waals surface area contributed by atoms with Gasteiger partial charge in [0.15, 0.2) is 5.13 Å². The van der Waals surface area contributed by atoms with E-state index in [0.29, 0.717) is 11.3 Å². The number of carbonyl (C=O) groups excluding carboxylic acids is 1. The first-order chi connectivity index (χ1) is 12.9. The molecule has 27 heavy (non-hydrogen) atoms. The average molecular weight is 396 g/mol. The van der Waals surface area contributed by atoms with E-state index in [-0.39, 0.29) is 17.4 Å². The average Bonchev–Trinajstić information content (AvgIpc) is 3.24. The molecule has 1 aromatic carbocycles. The maximum Gasteiger partial charge on any atom is 0.490 e. The highest BCUT2D eigenvalue weighted by Gasteiger charge is 2.17. The van der Waals surface area contributed by atoms with Crippen LogP contribution in [-0.4, -0.2) is 37.2 Å². The molecule has 13 heteroatoms. The van der Waals surface area contributed by atoms with Gasteiger partial charge in [-0.05, 0) is 17.1 Å². The Labute approximate surface area is 153 Å². The molecule has 1 amide bonds. The van der Waals surface area contributed by atoms with Crippen molar-refractivity contribution in [1.82, 2.24) is 19.7 Å². The fraction of sp³-hybridized carbons (Fsp3) is 0.143. The summed E-state index contributed by atoms with van der Waals surface area (Å²) >= 11 is 1.08. The molecule has 0 aliphatic rings. The van der Waals surface area contributed by atoms with E-state index in [2.05, 4.69) is 25.1 Å². The Kier molecular flexibility index (Phi) is 5.30. The SMILES string of the molecule is O=C(Cn1cnc([N+](=O)[O-])n1)Nc1nc(-c2ccccc2OC(F)F)cs1. The van der Waals surface area contributed by atoms with E-state index >= 15 is 0 Å². The highest BCUT2D eigenvalue weighted by Crippen LogP contribution is 2.32. The van der Waals surface area contributed by atoms with Crippen LogP contribution in [0, 0.1) is 10.1 Å². The predicted molar refractivity (Wildman–Crippen MR) is 89.5 cm³/mol. The minimum atomic E-state index is -2.98. The normalized spacial score (nSPS) is 10.8. The van der Waals surface area contributed by atoms with Crippen molar-refractivity contribution in [2.75, 3.05) is 5.32 Å². The second-order valence-corrected chi connectivity index (χ2v) is 5.82. The van der Waals surface area contributed by atoms with Crippen LogP contribution in [0.5, 0.6) is 5.75 Å². The van der Waals surface area contributed by atoms with E-state index in [0.717, 1.165) is 22.3 Å². The number of ether oxygens (including phenoxy) is 1. The molecule has 0 aliphatic carbocycles. The van der Waals surface area contributed by atoms with Crippen molar-refractivity contribution in [2.24, 2.45) is 0 Å². The Hall–Kier alpha value is -3.48. The fourth-order valence-electron chi connectivity index (χ4n) is 2.08. The van der Waals surface area contributed by atoms with Crippen molar-refractivity contribution in [2.45, 2.75) is 13.2 Å². The van der Waals surface area contributed by atoms with Crippen LogP contribution in [0.25, 0.3) is 11.3 Å². The van der Waals surface area contributed by atoms with E-state index in [1.54, 1.807) is 23.6 Å². The number of amides is 1. The van der Waals surface area contributed by atoms with Gasteiger partial charge in [-0.2, -0.15) is 13.5 Å². The molecule has 3 rings (SSSR count). The lowest BCUT2D eigenvalue weighted by Crippen LogP contribution is -2.19. The number of nitrogens with zero attached hydrogens (tertiary/aromatic N) is 5. The Balaban J connectivity index is 1.69. The highest BCUT2D eigenvalue weighted by molar-refractivity contribution is 7.14. The number of nitrogens with one attached hydrogen (secondary N) is 1. The number of nitro groups is 1. The molecular formula is C14H10F2N6O4S. The zero-order valence-corrected chi connectivity index (χ0v) is 14.1. The number of anilines is 1. The summed E-state index contributed by atoms with van der Waals surface area (Å²) in [4.78, 5) is 29.3. The first kappa shape index (κ1) is 18.3. The molecule has 10 nitrogen and oxygen atoms in total. The van der Waals surface area contributed by atoms with E-state index in [1.165, 1.54) is 6.07 Å². The number of carbonyl (C=O) groups is 1. The van der Waals surface area contributed by atoms with Crippen LogP contribution < -0.4 is 10.1 Å². The third-order valence-corrected chi connectivity index (χ3v) is 3.88. The summed E-state index contributed by atoms with van der Waals surface area (Å²) in [7, 11) is 0. The molecule has 0 saturated heterocycles. The van der Waals surface area contributed by atoms with Gasteiger partial charge in [0.05, 0.1) is 5.69 Å². The fourth-order valence-corrected chi connectivity index (χ4v) is 2.81. The maximum atomic E-state index is 12.5. The Morgan fingerprint density at radius 2 is 2.19 bits per heavy atom. The van der Waals surface area contributed by atoms with E-state index < -0.39 is 23.4 Å². The second-order valence-electron chi connectivity index (χ2n) is 4.96. The molecule has 0 spiro atoms. The smallest absolute Gasteiger partial charge is 0.434 e. The first-order valence-corrected chi connectivity index (χ1v) is 8.14. The summed E-state index contributed by atoms with van der Waals surface area (Å²) in [5.41, 5.74) is 0.699. The molecule has 0 bridgehead atoms. The van der Waals surface area contributed by atoms with Crippen LogP contribution in [-0.2, 0) is 11.3 Å². The monoisotopic (exact) mass is 396 g/mol. The molecule has 0 atom stereocenters. The van der Waals surface area contributed by atoms with E-state index in [9.17, 15) is 23.7 Å². The van der Waals surface area contributed by atoms with Gasteiger partial charge < -0.3 is 20.2 Å². The van der Waals surface area contributed by atoms with Crippen LogP contribution >= 0.6 is 11.3 Å². The summed E-state index contributed by atoms with van der Waals surface area (Å²) in [5, 5.41) is 18.3. The number of rotatable bonds is 7. The van der Waals surface area contributed by atoms with Crippen molar-refractivity contribution in [1.29, 1.82) is 0 Å². The zero-order valence-electron chi connectivity index (χ0n) is 13.3. The lowest BCUT2D eigenvalue weighted by atomic mass is 10.1. The number of hydrogen-bond acceptors (Lipinski definition) is 8. The number of thiazole rings is 1. The molecule has 0 fully saturated rings. The van der Waals surface area contributed by atoms with Crippen molar-refractivity contribution >= 4 is 28.3 Å². The highest BCUT2D eigenvalue weighted by atomic mass is 32.1. The Morgan fingerprint density at radius 1 is 1.41 bits per heavy atom. The molecule has 0 aliphatic heterocycles. The van der Waals surface area contributed by atoms with Crippen LogP contribution in [0.2, 0.25) is 0 Å². The van der Waals surface area contributed by atoms with Crippen LogP contribution in [0.15, 0.2) is 36.0 Å². The molecule has 0 unspecified atom stereocenters. The van der Waals surface area contributed by atoms with Crippen molar-refractivity contribution in [3.63, 3.8) is 0 Å². The summed E-state index contributed by atoms with van der Waals surface area (Å²) in [5.74, 6) is -1.19. The molecule has 140 valence electrons. The number of hydrogen-bond donors (Lipinski definition) is 1. The minimum Gasteiger partial charge on any atom is -0.434 e. The van der Waals surface area contributed by atoms with Crippen molar-refractivity contribution in [3.05, 3.63) is 46.1 Å². The second kappa shape index (κ2) is 7.82. The lowest BCUT2D eigenvalue weighted by molar-refractivity contribution is -0.394. The minimum absolute atomic E-state index is 0.0365. The molecule has 1 N–H and O–H groups in total. The molecule has 0 radical (unpaired) electrons. The number of halogens is 2. The Bertz CT molecular complexity index is 976. The van der Waals surface area contributed by atoms with E-state index in [4.69, 9.17) is 0 Å². The largest absolute Gasteiger partial charge is 0.490 e. The predicted octanol–water partition coefficient (Wildman–Crippen LogP) is 2.55. The van der Waals surface area contributed by atoms with Crippen molar-refractivity contribution < 1.29 is 23.2 Å². The van der Waals surface area contributed by atoms with Gasteiger partial charge in [0, 0.05) is 16.0 Å². The third-order valence-electron chi connectivity index (χ3n) is 3.12. The first-order valence-electron chi connectivity index (χ1n) is 7.26. The maximum absolute atomic E-state index is 12.5. The number of aromatic nitrogens is 4. The van der Waals surface area contributed by atoms with Gasteiger partial charge in [-0.25, -0.2) is 4.98 Å². The topological polar surface area (TPSA) is 125 Å². The number of para-hydroxylation sites is 1. The zero-order chi connectivity index (χ0) is 19.4. The van der Waals surface area contributed by atoms with Crippen molar-refractivity contribution in [3.8, 4) is 17.0 Å². The van der Waals surface area contributed by atoms with Gasteiger partial charge in [0.25, 0.3) is 0 Å². The summed E-state index contributed by atoms with van der Waals surface area (Å²) in [6.07, 6.45) is 1.06. The molecular weight excluding hydrogens is 386 g/mol. The lowest BCUT2D eigenvalue weighted by Gasteiger charge is -2.08. The summed E-state index contributed by atoms with van der Waals surface area (Å²) < 4.78 is 30.5. The number of benzene rings is 1.